The zero-order valence-electron chi connectivity index (χ0n) is 14.6. The molecule has 2 rings (SSSR count). The van der Waals surface area contributed by atoms with Gasteiger partial charge in [-0.3, -0.25) is 4.79 Å². The molecule has 1 N–H and O–H groups in total. The second-order valence-electron chi connectivity index (χ2n) is 5.67. The van der Waals surface area contributed by atoms with Gasteiger partial charge in [-0.15, -0.1) is 0 Å². The minimum Gasteiger partial charge on any atom is -0.497 e. The molecule has 2 aromatic rings. The predicted octanol–water partition coefficient (Wildman–Crippen LogP) is 2.04. The molecule has 7 nitrogen and oxygen atoms in total. The van der Waals surface area contributed by atoms with Crippen LogP contribution in [-0.4, -0.2) is 56.9 Å². The zero-order valence-corrected chi connectivity index (χ0v) is 14.6. The van der Waals surface area contributed by atoms with Crippen molar-refractivity contribution in [2.45, 2.75) is 13.0 Å². The molecule has 0 aliphatic carbocycles. The zero-order chi connectivity index (χ0) is 17.7. The summed E-state index contributed by atoms with van der Waals surface area (Å²) in [6.07, 6.45) is 0. The smallest absolute Gasteiger partial charge is 0.273 e. The van der Waals surface area contributed by atoms with Gasteiger partial charge in [-0.05, 0) is 39.2 Å². The van der Waals surface area contributed by atoms with Crippen LogP contribution in [-0.2, 0) is 0 Å². The van der Waals surface area contributed by atoms with Crippen molar-refractivity contribution in [2.75, 3.05) is 34.9 Å². The van der Waals surface area contributed by atoms with Crippen LogP contribution in [0.4, 0.5) is 0 Å². The van der Waals surface area contributed by atoms with Gasteiger partial charge in [-0.1, -0.05) is 5.16 Å². The summed E-state index contributed by atoms with van der Waals surface area (Å²) >= 11 is 0. The SMILES string of the molecule is COc1ccc(OC)c(-c2cc(C(=O)NC[C@H](C)N(C)C)no2)c1. The molecule has 24 heavy (non-hydrogen) atoms. The first-order valence-electron chi connectivity index (χ1n) is 7.60. The maximum Gasteiger partial charge on any atom is 0.273 e. The van der Waals surface area contributed by atoms with Crippen LogP contribution in [0, 0.1) is 0 Å². The maximum atomic E-state index is 12.2. The highest BCUT2D eigenvalue weighted by molar-refractivity contribution is 5.93. The molecule has 130 valence electrons. The van der Waals surface area contributed by atoms with Gasteiger partial charge in [0.05, 0.1) is 19.8 Å². The lowest BCUT2D eigenvalue weighted by Crippen LogP contribution is -2.38. The number of hydrogen-bond acceptors (Lipinski definition) is 6. The van der Waals surface area contributed by atoms with Gasteiger partial charge in [-0.2, -0.15) is 0 Å². The number of ether oxygens (including phenoxy) is 2. The van der Waals surface area contributed by atoms with Crippen molar-refractivity contribution in [3.05, 3.63) is 30.0 Å². The van der Waals surface area contributed by atoms with Crippen molar-refractivity contribution < 1.29 is 18.8 Å². The van der Waals surface area contributed by atoms with E-state index < -0.39 is 0 Å². The molecule has 0 saturated heterocycles. The van der Waals surface area contributed by atoms with E-state index in [4.69, 9.17) is 14.0 Å². The fraction of sp³-hybridized carbons (Fsp3) is 0.412. The summed E-state index contributed by atoms with van der Waals surface area (Å²) in [4.78, 5) is 14.2. The number of nitrogens with one attached hydrogen (secondary N) is 1. The van der Waals surface area contributed by atoms with Crippen molar-refractivity contribution in [3.8, 4) is 22.8 Å². The first kappa shape index (κ1) is 17.8. The van der Waals surface area contributed by atoms with Gasteiger partial charge < -0.3 is 24.2 Å². The molecule has 0 fully saturated rings. The Morgan fingerprint density at radius 2 is 2.04 bits per heavy atom. The normalized spacial score (nSPS) is 12.1. The van der Waals surface area contributed by atoms with Crippen LogP contribution in [0.3, 0.4) is 0 Å². The molecule has 0 radical (unpaired) electrons. The lowest BCUT2D eigenvalue weighted by molar-refractivity contribution is 0.0934. The van der Waals surface area contributed by atoms with E-state index in [0.717, 1.165) is 0 Å². The van der Waals surface area contributed by atoms with E-state index in [1.54, 1.807) is 38.5 Å². The van der Waals surface area contributed by atoms with Crippen LogP contribution in [0.2, 0.25) is 0 Å². The number of carbonyl (C=O) groups is 1. The van der Waals surface area contributed by atoms with Crippen LogP contribution in [0.15, 0.2) is 28.8 Å². The highest BCUT2D eigenvalue weighted by Crippen LogP contribution is 2.33. The van der Waals surface area contributed by atoms with Crippen molar-refractivity contribution in [2.24, 2.45) is 0 Å². The quantitative estimate of drug-likeness (QED) is 0.835. The Bertz CT molecular complexity index is 697. The van der Waals surface area contributed by atoms with Gasteiger partial charge >= 0.3 is 0 Å². The maximum absolute atomic E-state index is 12.2. The second kappa shape index (κ2) is 7.83. The number of amides is 1. The van der Waals surface area contributed by atoms with E-state index in [2.05, 4.69) is 10.5 Å². The number of methoxy groups -OCH3 is 2. The molecule has 1 aromatic carbocycles. The number of carbonyl (C=O) groups excluding carboxylic acids is 1. The van der Waals surface area contributed by atoms with Crippen molar-refractivity contribution in [3.63, 3.8) is 0 Å². The fourth-order valence-corrected chi connectivity index (χ4v) is 2.03. The van der Waals surface area contributed by atoms with Crippen LogP contribution in [0.1, 0.15) is 17.4 Å². The summed E-state index contributed by atoms with van der Waals surface area (Å²) < 4.78 is 15.9. The summed E-state index contributed by atoms with van der Waals surface area (Å²) in [6, 6.07) is 7.14. The first-order valence-corrected chi connectivity index (χ1v) is 7.60. The molecule has 0 spiro atoms. The standard InChI is InChI=1S/C17H23N3O4/c1-11(20(2)3)10-18-17(21)14-9-16(24-19-14)13-8-12(22-4)6-7-15(13)23-5/h6-9,11H,10H2,1-5H3,(H,18,21)/t11-/m0/s1. The third-order valence-corrected chi connectivity index (χ3v) is 3.85. The number of hydrogen-bond donors (Lipinski definition) is 1. The Labute approximate surface area is 141 Å². The van der Waals surface area contributed by atoms with Gasteiger partial charge in [0.1, 0.15) is 11.5 Å². The van der Waals surface area contributed by atoms with Crippen LogP contribution in [0.5, 0.6) is 11.5 Å². The van der Waals surface area contributed by atoms with Crippen molar-refractivity contribution >= 4 is 5.91 Å². The molecule has 0 bridgehead atoms. The van der Waals surface area contributed by atoms with Crippen LogP contribution in [0.25, 0.3) is 11.3 Å². The van der Waals surface area contributed by atoms with Gasteiger partial charge in [0.2, 0.25) is 0 Å². The van der Waals surface area contributed by atoms with E-state index in [9.17, 15) is 4.79 Å². The number of aromatic nitrogens is 1. The number of benzene rings is 1. The van der Waals surface area contributed by atoms with Gasteiger partial charge in [0.15, 0.2) is 11.5 Å². The minimum atomic E-state index is -0.277. The van der Waals surface area contributed by atoms with Crippen molar-refractivity contribution in [1.29, 1.82) is 0 Å². The molecule has 0 aliphatic heterocycles. The van der Waals surface area contributed by atoms with Gasteiger partial charge in [0, 0.05) is 18.7 Å². The molecule has 1 amide bonds. The van der Waals surface area contributed by atoms with Gasteiger partial charge in [0.25, 0.3) is 5.91 Å². The molecule has 0 aliphatic rings. The third kappa shape index (κ3) is 4.05. The lowest BCUT2D eigenvalue weighted by Gasteiger charge is -2.19. The summed E-state index contributed by atoms with van der Waals surface area (Å²) in [7, 11) is 7.06. The molecule has 7 heteroatoms. The number of rotatable bonds is 7. The molecule has 1 heterocycles. The Morgan fingerprint density at radius 1 is 1.29 bits per heavy atom. The molecule has 1 aromatic heterocycles. The average Bonchev–Trinajstić information content (AvgIpc) is 3.08. The van der Waals surface area contributed by atoms with Crippen LogP contribution >= 0.6 is 0 Å². The Hall–Kier alpha value is -2.54. The largest absolute Gasteiger partial charge is 0.497 e. The summed E-state index contributed by atoms with van der Waals surface area (Å²) in [5.74, 6) is 1.44. The Kier molecular flexibility index (Phi) is 5.81. The van der Waals surface area contributed by atoms with E-state index in [-0.39, 0.29) is 17.6 Å². The molecular weight excluding hydrogens is 310 g/mol. The highest BCUT2D eigenvalue weighted by atomic mass is 16.5. The Morgan fingerprint density at radius 3 is 2.67 bits per heavy atom. The molecular formula is C17H23N3O4. The number of nitrogens with zero attached hydrogens (tertiary/aromatic N) is 2. The average molecular weight is 333 g/mol. The minimum absolute atomic E-state index is 0.221. The van der Waals surface area contributed by atoms with Crippen molar-refractivity contribution in [1.82, 2.24) is 15.4 Å². The lowest BCUT2D eigenvalue weighted by atomic mass is 10.1. The Balaban J connectivity index is 2.17. The van der Waals surface area contributed by atoms with E-state index in [1.165, 1.54) is 0 Å². The van der Waals surface area contributed by atoms with E-state index in [0.29, 0.717) is 29.4 Å². The van der Waals surface area contributed by atoms with E-state index >= 15 is 0 Å². The monoisotopic (exact) mass is 333 g/mol. The molecule has 0 unspecified atom stereocenters. The summed E-state index contributed by atoms with van der Waals surface area (Å²) in [6.45, 7) is 2.55. The summed E-state index contributed by atoms with van der Waals surface area (Å²) in [5, 5.41) is 6.69. The molecule has 1 atom stereocenters. The molecule has 0 saturated carbocycles. The number of likely N-dealkylation sites (N-methyl/N-ethyl adjacent to an activating group) is 1. The predicted molar refractivity (Wildman–Crippen MR) is 90.5 cm³/mol. The fourth-order valence-electron chi connectivity index (χ4n) is 2.03. The van der Waals surface area contributed by atoms with E-state index in [1.807, 2.05) is 25.9 Å². The second-order valence-corrected chi connectivity index (χ2v) is 5.67. The summed E-state index contributed by atoms with van der Waals surface area (Å²) in [5.41, 5.74) is 0.894. The van der Waals surface area contributed by atoms with Gasteiger partial charge in [-0.25, -0.2) is 0 Å². The highest BCUT2D eigenvalue weighted by Gasteiger charge is 2.17. The third-order valence-electron chi connectivity index (χ3n) is 3.85. The first-order chi connectivity index (χ1) is 11.5. The van der Waals surface area contributed by atoms with Crippen LogP contribution < -0.4 is 14.8 Å². The topological polar surface area (TPSA) is 76.8 Å².